The Labute approximate surface area is 182 Å². The zero-order valence-electron chi connectivity index (χ0n) is 16.4. The largest absolute Gasteiger partial charge is 0.497 e. The molecule has 0 saturated carbocycles. The van der Waals surface area contributed by atoms with Gasteiger partial charge in [0.15, 0.2) is 0 Å². The zero-order valence-corrected chi connectivity index (χ0v) is 17.2. The van der Waals surface area contributed by atoms with Crippen molar-refractivity contribution in [2.45, 2.75) is 6.54 Å². The Bertz CT molecular complexity index is 1260. The Hall–Kier alpha value is -3.91. The number of pyridine rings is 1. The number of nitrogens with one attached hydrogen (secondary N) is 1. The maximum Gasteiger partial charge on any atom is 0.263 e. The molecule has 0 atom stereocenters. The Morgan fingerprint density at radius 1 is 1.13 bits per heavy atom. The molecule has 1 amide bonds. The molecule has 9 heteroatoms. The van der Waals surface area contributed by atoms with Crippen LogP contribution in [0.5, 0.6) is 5.75 Å². The van der Waals surface area contributed by atoms with E-state index >= 15 is 0 Å². The van der Waals surface area contributed by atoms with E-state index in [4.69, 9.17) is 20.9 Å². The van der Waals surface area contributed by atoms with E-state index in [1.54, 1.807) is 67.8 Å². The fourth-order valence-corrected chi connectivity index (χ4v) is 3.03. The second kappa shape index (κ2) is 8.85. The van der Waals surface area contributed by atoms with Crippen molar-refractivity contribution in [1.82, 2.24) is 14.7 Å². The minimum Gasteiger partial charge on any atom is -0.497 e. The summed E-state index contributed by atoms with van der Waals surface area (Å²) in [6.07, 6.45) is 1.52. The van der Waals surface area contributed by atoms with E-state index in [9.17, 15) is 9.59 Å². The van der Waals surface area contributed by atoms with Crippen LogP contribution < -0.4 is 15.6 Å². The van der Waals surface area contributed by atoms with E-state index < -0.39 is 5.56 Å². The van der Waals surface area contributed by atoms with Gasteiger partial charge in [-0.2, -0.15) is 4.98 Å². The minimum absolute atomic E-state index is 0.0693. The van der Waals surface area contributed by atoms with Crippen LogP contribution in [0.2, 0.25) is 5.02 Å². The topological polar surface area (TPSA) is 99.2 Å². The number of halogens is 1. The molecule has 0 unspecified atom stereocenters. The second-order valence-electron chi connectivity index (χ2n) is 6.56. The van der Waals surface area contributed by atoms with Crippen molar-refractivity contribution in [2.24, 2.45) is 0 Å². The number of hydrogen-bond acceptors (Lipinski definition) is 6. The van der Waals surface area contributed by atoms with Crippen LogP contribution in [0.25, 0.3) is 22.8 Å². The number of amides is 1. The smallest absolute Gasteiger partial charge is 0.263 e. The SMILES string of the molecule is COc1ccc(NC(=O)Cn2cccc(-c3nc(-c4ccc(Cl)cc4)no3)c2=O)cc1. The first-order chi connectivity index (χ1) is 15.0. The number of rotatable bonds is 6. The number of benzene rings is 2. The fraction of sp³-hybridized carbons (Fsp3) is 0.0909. The Morgan fingerprint density at radius 3 is 2.58 bits per heavy atom. The summed E-state index contributed by atoms with van der Waals surface area (Å²) in [5, 5.41) is 7.26. The molecule has 0 aliphatic carbocycles. The van der Waals surface area contributed by atoms with Crippen molar-refractivity contribution in [3.63, 3.8) is 0 Å². The molecule has 156 valence electrons. The molecule has 31 heavy (non-hydrogen) atoms. The third kappa shape index (κ3) is 4.65. The average molecular weight is 437 g/mol. The summed E-state index contributed by atoms with van der Waals surface area (Å²) in [5.74, 6) is 0.731. The van der Waals surface area contributed by atoms with Crippen LogP contribution in [0.15, 0.2) is 76.2 Å². The lowest BCUT2D eigenvalue weighted by atomic mass is 10.2. The number of aromatic nitrogens is 3. The number of ether oxygens (including phenoxy) is 1. The number of nitrogens with zero attached hydrogens (tertiary/aromatic N) is 3. The summed E-state index contributed by atoms with van der Waals surface area (Å²) in [6, 6.07) is 17.0. The van der Waals surface area contributed by atoms with E-state index in [1.807, 2.05) is 0 Å². The van der Waals surface area contributed by atoms with E-state index in [1.165, 1.54) is 10.8 Å². The molecule has 2 aromatic heterocycles. The third-order valence-electron chi connectivity index (χ3n) is 4.47. The van der Waals surface area contributed by atoms with Crippen LogP contribution in [-0.4, -0.2) is 27.7 Å². The predicted octanol–water partition coefficient (Wildman–Crippen LogP) is 3.87. The van der Waals surface area contributed by atoms with E-state index in [0.717, 1.165) is 0 Å². The summed E-state index contributed by atoms with van der Waals surface area (Å²) in [7, 11) is 1.56. The third-order valence-corrected chi connectivity index (χ3v) is 4.72. The minimum atomic E-state index is -0.418. The van der Waals surface area contributed by atoms with Gasteiger partial charge in [-0.3, -0.25) is 9.59 Å². The van der Waals surface area contributed by atoms with Gasteiger partial charge in [0.05, 0.1) is 7.11 Å². The lowest BCUT2D eigenvalue weighted by molar-refractivity contribution is -0.116. The highest BCUT2D eigenvalue weighted by molar-refractivity contribution is 6.30. The van der Waals surface area contributed by atoms with Gasteiger partial charge in [0, 0.05) is 22.5 Å². The highest BCUT2D eigenvalue weighted by Gasteiger charge is 2.16. The average Bonchev–Trinajstić information content (AvgIpc) is 3.26. The molecular formula is C22H17ClN4O4. The Balaban J connectivity index is 1.52. The highest BCUT2D eigenvalue weighted by atomic mass is 35.5. The first kappa shape index (κ1) is 20.4. The van der Waals surface area contributed by atoms with Gasteiger partial charge in [-0.15, -0.1) is 0 Å². The van der Waals surface area contributed by atoms with Crippen LogP contribution in [0.1, 0.15) is 0 Å². The quantitative estimate of drug-likeness (QED) is 0.492. The number of carbonyl (C=O) groups is 1. The van der Waals surface area contributed by atoms with Gasteiger partial charge in [-0.1, -0.05) is 16.8 Å². The van der Waals surface area contributed by atoms with Crippen molar-refractivity contribution in [3.05, 3.63) is 82.2 Å². The lowest BCUT2D eigenvalue weighted by Gasteiger charge is -2.08. The monoisotopic (exact) mass is 436 g/mol. The molecule has 0 aliphatic heterocycles. The van der Waals surface area contributed by atoms with Gasteiger partial charge in [-0.25, -0.2) is 0 Å². The van der Waals surface area contributed by atoms with Crippen LogP contribution in [0.4, 0.5) is 5.69 Å². The summed E-state index contributed by atoms with van der Waals surface area (Å²) in [5.41, 5.74) is 1.08. The van der Waals surface area contributed by atoms with Crippen molar-refractivity contribution in [1.29, 1.82) is 0 Å². The predicted molar refractivity (Wildman–Crippen MR) is 116 cm³/mol. The van der Waals surface area contributed by atoms with Crippen molar-refractivity contribution in [2.75, 3.05) is 12.4 Å². The zero-order chi connectivity index (χ0) is 21.8. The van der Waals surface area contributed by atoms with E-state index in [0.29, 0.717) is 27.8 Å². The van der Waals surface area contributed by atoms with Crippen LogP contribution in [0.3, 0.4) is 0 Å². The number of methoxy groups -OCH3 is 1. The van der Waals surface area contributed by atoms with Gasteiger partial charge in [0.2, 0.25) is 11.7 Å². The molecule has 0 saturated heterocycles. The summed E-state index contributed by atoms with van der Waals surface area (Å²) in [4.78, 5) is 29.5. The fourth-order valence-electron chi connectivity index (χ4n) is 2.90. The molecule has 0 fully saturated rings. The molecule has 0 bridgehead atoms. The second-order valence-corrected chi connectivity index (χ2v) is 7.00. The van der Waals surface area contributed by atoms with Gasteiger partial charge in [-0.05, 0) is 60.7 Å². The highest BCUT2D eigenvalue weighted by Crippen LogP contribution is 2.22. The van der Waals surface area contributed by atoms with Crippen LogP contribution >= 0.6 is 11.6 Å². The van der Waals surface area contributed by atoms with Gasteiger partial charge >= 0.3 is 0 Å². The van der Waals surface area contributed by atoms with E-state index in [-0.39, 0.29) is 23.9 Å². The Morgan fingerprint density at radius 2 is 1.87 bits per heavy atom. The van der Waals surface area contributed by atoms with Crippen molar-refractivity contribution in [3.8, 4) is 28.6 Å². The maximum atomic E-state index is 12.9. The molecule has 0 aliphatic rings. The summed E-state index contributed by atoms with van der Waals surface area (Å²) >= 11 is 5.90. The summed E-state index contributed by atoms with van der Waals surface area (Å²) in [6.45, 7) is -0.170. The van der Waals surface area contributed by atoms with Gasteiger partial charge < -0.3 is 19.1 Å². The van der Waals surface area contributed by atoms with E-state index in [2.05, 4.69) is 15.5 Å². The molecule has 4 aromatic rings. The molecular weight excluding hydrogens is 420 g/mol. The van der Waals surface area contributed by atoms with Crippen molar-refractivity contribution < 1.29 is 14.1 Å². The normalized spacial score (nSPS) is 10.6. The first-order valence-corrected chi connectivity index (χ1v) is 9.64. The van der Waals surface area contributed by atoms with Gasteiger partial charge in [0.25, 0.3) is 11.4 Å². The van der Waals surface area contributed by atoms with Crippen LogP contribution in [0, 0.1) is 0 Å². The standard InChI is InChI=1S/C22H17ClN4O4/c1-30-17-10-8-16(9-11-17)24-19(28)13-27-12-2-3-18(22(27)29)21-25-20(26-31-21)14-4-6-15(23)7-5-14/h2-12H,13H2,1H3,(H,24,28). The number of anilines is 1. The van der Waals surface area contributed by atoms with Crippen LogP contribution in [-0.2, 0) is 11.3 Å². The van der Waals surface area contributed by atoms with Crippen molar-refractivity contribution >= 4 is 23.2 Å². The molecule has 0 radical (unpaired) electrons. The Kier molecular flexibility index (Phi) is 5.81. The molecule has 8 nitrogen and oxygen atoms in total. The molecule has 0 spiro atoms. The number of hydrogen-bond donors (Lipinski definition) is 1. The maximum absolute atomic E-state index is 12.9. The lowest BCUT2D eigenvalue weighted by Crippen LogP contribution is -2.28. The molecule has 2 aromatic carbocycles. The first-order valence-electron chi connectivity index (χ1n) is 9.27. The molecule has 1 N–H and O–H groups in total. The molecule has 4 rings (SSSR count). The summed E-state index contributed by atoms with van der Waals surface area (Å²) < 4.78 is 11.6. The van der Waals surface area contributed by atoms with Gasteiger partial charge in [0.1, 0.15) is 17.9 Å². The number of carbonyl (C=O) groups excluding carboxylic acids is 1. The molecule has 2 heterocycles.